The van der Waals surface area contributed by atoms with E-state index in [9.17, 15) is 59.9 Å². The maximum atomic E-state index is 12.9. The first kappa shape index (κ1) is 62.9. The second-order valence-electron chi connectivity index (χ2n) is 17.1. The van der Waals surface area contributed by atoms with E-state index in [0.717, 1.165) is 57.8 Å². The monoisotopic (exact) mass is 985 g/mol. The van der Waals surface area contributed by atoms with Gasteiger partial charge in [0.15, 0.2) is 6.10 Å². The number of phosphoric ester groups is 1. The molecule has 0 heterocycles. The number of aliphatic hydroxyl groups is 8. The first-order valence-electron chi connectivity index (χ1n) is 24.7. The van der Waals surface area contributed by atoms with E-state index in [-0.39, 0.29) is 25.7 Å². The van der Waals surface area contributed by atoms with Crippen LogP contribution in [0, 0.1) is 0 Å². The van der Waals surface area contributed by atoms with Gasteiger partial charge >= 0.3 is 19.8 Å². The minimum absolute atomic E-state index is 0.00532. The molecule has 9 N–H and O–H groups in total. The van der Waals surface area contributed by atoms with Crippen LogP contribution in [0.25, 0.3) is 0 Å². The van der Waals surface area contributed by atoms with Crippen molar-refractivity contribution in [1.29, 1.82) is 0 Å². The highest BCUT2D eigenvalue weighted by atomic mass is 31.2. The van der Waals surface area contributed by atoms with Crippen molar-refractivity contribution in [2.45, 2.75) is 210 Å². The normalized spacial score (nSPS) is 23.2. The van der Waals surface area contributed by atoms with E-state index in [1.165, 1.54) is 44.6 Å². The van der Waals surface area contributed by atoms with Crippen molar-refractivity contribution in [3.05, 3.63) is 85.1 Å². The zero-order valence-corrected chi connectivity index (χ0v) is 41.3. The zero-order chi connectivity index (χ0) is 50.4. The molecule has 390 valence electrons. The van der Waals surface area contributed by atoms with Crippen molar-refractivity contribution in [2.75, 3.05) is 13.2 Å². The van der Waals surface area contributed by atoms with Crippen LogP contribution in [0.5, 0.6) is 0 Å². The summed E-state index contributed by atoms with van der Waals surface area (Å²) in [6.45, 7) is 2.79. The Kier molecular flexibility index (Phi) is 36.7. The maximum absolute atomic E-state index is 12.9. The molecule has 0 aromatic heterocycles. The van der Waals surface area contributed by atoms with Gasteiger partial charge < -0.3 is 55.2 Å². The fourth-order valence-corrected chi connectivity index (χ4v) is 7.92. The molecule has 16 nitrogen and oxygen atoms in total. The lowest BCUT2D eigenvalue weighted by molar-refractivity contribution is -0.220. The van der Waals surface area contributed by atoms with Gasteiger partial charge in [0.25, 0.3) is 0 Å². The summed E-state index contributed by atoms with van der Waals surface area (Å²) in [5, 5.41) is 80.8. The number of unbranched alkanes of at least 4 members (excludes halogenated alkanes) is 12. The molecule has 11 atom stereocenters. The van der Waals surface area contributed by atoms with Crippen LogP contribution >= 0.6 is 7.82 Å². The molecule has 0 spiro atoms. The van der Waals surface area contributed by atoms with Crippen molar-refractivity contribution in [3.63, 3.8) is 0 Å². The van der Waals surface area contributed by atoms with Gasteiger partial charge in [-0.05, 0) is 64.2 Å². The second kappa shape index (κ2) is 39.6. The Morgan fingerprint density at radius 2 is 1.12 bits per heavy atom. The predicted octanol–water partition coefficient (Wildman–Crippen LogP) is 6.97. The molecule has 0 aromatic rings. The highest BCUT2D eigenvalue weighted by Gasteiger charge is 2.51. The molecule has 1 fully saturated rings. The van der Waals surface area contributed by atoms with Crippen molar-refractivity contribution < 1.29 is 78.4 Å². The third-order valence-electron chi connectivity index (χ3n) is 11.1. The summed E-state index contributed by atoms with van der Waals surface area (Å²) in [6.07, 6.45) is 26.8. The molecular weight excluding hydrogens is 900 g/mol. The number of hydrogen-bond acceptors (Lipinski definition) is 15. The number of hydrogen-bond donors (Lipinski definition) is 9. The van der Waals surface area contributed by atoms with E-state index in [2.05, 4.69) is 31.2 Å². The van der Waals surface area contributed by atoms with Crippen LogP contribution in [-0.2, 0) is 32.7 Å². The Morgan fingerprint density at radius 3 is 1.72 bits per heavy atom. The summed E-state index contributed by atoms with van der Waals surface area (Å²) in [4.78, 5) is 35.8. The summed E-state index contributed by atoms with van der Waals surface area (Å²) in [5.74, 6) is -1.44. The van der Waals surface area contributed by atoms with E-state index >= 15 is 0 Å². The van der Waals surface area contributed by atoms with Gasteiger partial charge in [0.05, 0.1) is 24.9 Å². The van der Waals surface area contributed by atoms with E-state index in [1.807, 2.05) is 19.1 Å². The Hall–Kier alpha value is -3.09. The number of ether oxygens (including phenoxy) is 2. The Labute approximate surface area is 405 Å². The fourth-order valence-electron chi connectivity index (χ4n) is 6.95. The summed E-state index contributed by atoms with van der Waals surface area (Å²) in [6, 6.07) is 0. The molecule has 1 saturated carbocycles. The molecule has 1 rings (SSSR count). The molecule has 0 bridgehead atoms. The molecule has 0 saturated heterocycles. The zero-order valence-electron chi connectivity index (χ0n) is 40.4. The Balaban J connectivity index is 2.57. The van der Waals surface area contributed by atoms with Crippen LogP contribution in [0.4, 0.5) is 0 Å². The summed E-state index contributed by atoms with van der Waals surface area (Å²) < 4.78 is 33.3. The average Bonchev–Trinajstić information content (AvgIpc) is 3.31. The predicted molar refractivity (Wildman–Crippen MR) is 262 cm³/mol. The molecule has 68 heavy (non-hydrogen) atoms. The molecule has 17 heteroatoms. The quantitative estimate of drug-likeness (QED) is 0.00989. The standard InChI is InChI=1S/C51H85O16P/c1-3-5-7-8-9-10-11-12-13-14-15-16-17-18-19-20-21-26-30-36-44(55)64-38-41(39-65-68(62,63)67-51-49(60)47(58)46(57)48(59)50(51)61)66-45(56)37-31-35-43(54)42(53)34-29-25-23-22-24-28-33-40(52)32-27-6-4-2/h6,9-10,12-13,22-25,27-29,33-34,40-43,46-54,57-61H,3-5,7-8,11,14-21,26,30-32,35-39H2,1-2H3,(H,62,63)/b10-9-,13-12-,24-22+,25-23-,27-6-,33-28+,34-29-/t40-,41+,42+,43+,46?,47-,48+,49+,50+,51?/m0/s1. The van der Waals surface area contributed by atoms with Crippen LogP contribution in [0.3, 0.4) is 0 Å². The van der Waals surface area contributed by atoms with Gasteiger partial charge in [0.1, 0.15) is 43.2 Å². The van der Waals surface area contributed by atoms with Gasteiger partial charge in [-0.3, -0.25) is 18.6 Å². The lowest BCUT2D eigenvalue weighted by Crippen LogP contribution is -2.64. The number of allylic oxidation sites excluding steroid dienone is 11. The van der Waals surface area contributed by atoms with Crippen LogP contribution < -0.4 is 0 Å². The molecule has 0 amide bonds. The maximum Gasteiger partial charge on any atom is 0.472 e. The molecule has 0 aromatic carbocycles. The van der Waals surface area contributed by atoms with Crippen LogP contribution in [0.2, 0.25) is 0 Å². The Bertz CT molecular complexity index is 1560. The summed E-state index contributed by atoms with van der Waals surface area (Å²) >= 11 is 0. The van der Waals surface area contributed by atoms with Crippen molar-refractivity contribution >= 4 is 19.8 Å². The van der Waals surface area contributed by atoms with Crippen molar-refractivity contribution in [2.24, 2.45) is 0 Å². The molecule has 0 radical (unpaired) electrons. The van der Waals surface area contributed by atoms with E-state index in [0.29, 0.717) is 12.8 Å². The number of phosphoric acid groups is 1. The van der Waals surface area contributed by atoms with Crippen LogP contribution in [0.1, 0.15) is 149 Å². The topological polar surface area (TPSA) is 270 Å². The highest BCUT2D eigenvalue weighted by Crippen LogP contribution is 2.47. The van der Waals surface area contributed by atoms with Gasteiger partial charge in [0.2, 0.25) is 0 Å². The first-order valence-corrected chi connectivity index (χ1v) is 26.2. The molecule has 3 unspecified atom stereocenters. The Morgan fingerprint density at radius 1 is 0.588 bits per heavy atom. The average molecular weight is 985 g/mol. The number of esters is 2. The molecular formula is C51H85O16P. The molecule has 1 aliphatic rings. The largest absolute Gasteiger partial charge is 0.472 e. The third kappa shape index (κ3) is 31.2. The van der Waals surface area contributed by atoms with Gasteiger partial charge in [-0.1, -0.05) is 157 Å². The number of aliphatic hydroxyl groups excluding tert-OH is 8. The van der Waals surface area contributed by atoms with E-state index in [4.69, 9.17) is 18.5 Å². The number of rotatable bonds is 39. The minimum atomic E-state index is -5.23. The highest BCUT2D eigenvalue weighted by molar-refractivity contribution is 7.47. The van der Waals surface area contributed by atoms with Crippen LogP contribution in [-0.4, -0.2) is 132 Å². The summed E-state index contributed by atoms with van der Waals surface area (Å²) in [7, 11) is -5.23. The third-order valence-corrected chi connectivity index (χ3v) is 12.0. The van der Waals surface area contributed by atoms with Gasteiger partial charge in [-0.25, -0.2) is 4.57 Å². The van der Waals surface area contributed by atoms with E-state index in [1.54, 1.807) is 42.5 Å². The number of carbonyl (C=O) groups is 2. The lowest BCUT2D eigenvalue weighted by atomic mass is 9.85. The first-order chi connectivity index (χ1) is 32.6. The van der Waals surface area contributed by atoms with Crippen molar-refractivity contribution in [3.8, 4) is 0 Å². The fraction of sp³-hybridized carbons (Fsp3) is 0.686. The minimum Gasteiger partial charge on any atom is -0.462 e. The number of carbonyl (C=O) groups excluding carboxylic acids is 2. The SMILES string of the molecule is CC/C=C\C[C@H](O)/C=C/C=C/C=C\C=C/[C@@H](O)[C@H](O)CCCC(=O)O[C@H](COC(=O)CCCCCCCCCCC/C=C\C/C=C\CCCCC)COP(=O)(O)OC1[C@H](O)[C@H](O)C(O)[C@H](O)[C@H]1O. The molecule has 1 aliphatic carbocycles. The second-order valence-corrected chi connectivity index (χ2v) is 18.6. The van der Waals surface area contributed by atoms with Crippen molar-refractivity contribution in [1.82, 2.24) is 0 Å². The van der Waals surface area contributed by atoms with Gasteiger partial charge in [0, 0.05) is 12.8 Å². The van der Waals surface area contributed by atoms with Crippen LogP contribution in [0.15, 0.2) is 85.1 Å². The van der Waals surface area contributed by atoms with Gasteiger partial charge in [-0.2, -0.15) is 0 Å². The van der Waals surface area contributed by atoms with Gasteiger partial charge in [-0.15, -0.1) is 0 Å². The van der Waals surface area contributed by atoms with E-state index < -0.39 is 94.0 Å². The summed E-state index contributed by atoms with van der Waals surface area (Å²) in [5.41, 5.74) is 0. The smallest absolute Gasteiger partial charge is 0.462 e. The lowest BCUT2D eigenvalue weighted by Gasteiger charge is -2.41. The molecule has 0 aliphatic heterocycles.